The van der Waals surface area contributed by atoms with Gasteiger partial charge in [0.1, 0.15) is 24.2 Å². The molecule has 0 spiro atoms. The highest BCUT2D eigenvalue weighted by Gasteiger charge is 2.21. The van der Waals surface area contributed by atoms with Crippen molar-refractivity contribution >= 4 is 5.69 Å². The third-order valence-corrected chi connectivity index (χ3v) is 5.76. The van der Waals surface area contributed by atoms with Crippen molar-refractivity contribution in [3.63, 3.8) is 0 Å². The number of aliphatic hydroxyl groups excluding tert-OH is 1. The van der Waals surface area contributed by atoms with Crippen molar-refractivity contribution in [1.29, 1.82) is 0 Å². The molecule has 5 nitrogen and oxygen atoms in total. The number of hydrogen-bond acceptors (Lipinski definition) is 5. The van der Waals surface area contributed by atoms with E-state index < -0.39 is 6.10 Å². The van der Waals surface area contributed by atoms with Gasteiger partial charge in [-0.05, 0) is 36.1 Å². The molecule has 158 valence electrons. The molecule has 1 aliphatic heterocycles. The average molecular weight is 399 g/mol. The zero-order valence-electron chi connectivity index (χ0n) is 17.9. The molecular weight excluding hydrogens is 364 g/mol. The highest BCUT2D eigenvalue weighted by atomic mass is 16.5. The summed E-state index contributed by atoms with van der Waals surface area (Å²) in [7, 11) is 1.71. The molecule has 0 bridgehead atoms. The summed E-state index contributed by atoms with van der Waals surface area (Å²) in [5.41, 5.74) is 2.35. The van der Waals surface area contributed by atoms with Gasteiger partial charge in [0.15, 0.2) is 0 Å². The maximum atomic E-state index is 10.5. The van der Waals surface area contributed by atoms with Gasteiger partial charge in [-0.15, -0.1) is 0 Å². The van der Waals surface area contributed by atoms with Crippen LogP contribution in [0.5, 0.6) is 11.5 Å². The minimum Gasteiger partial charge on any atom is -0.495 e. The highest BCUT2D eigenvalue weighted by molar-refractivity contribution is 5.58. The molecule has 1 saturated heterocycles. The second-order valence-electron chi connectivity index (χ2n) is 7.77. The van der Waals surface area contributed by atoms with Crippen LogP contribution in [-0.2, 0) is 0 Å². The number of benzene rings is 2. The maximum Gasteiger partial charge on any atom is 0.142 e. The van der Waals surface area contributed by atoms with E-state index in [1.165, 1.54) is 5.56 Å². The lowest BCUT2D eigenvalue weighted by Crippen LogP contribution is -2.49. The molecule has 3 rings (SSSR count). The van der Waals surface area contributed by atoms with Crippen molar-refractivity contribution in [2.75, 3.05) is 51.3 Å². The molecule has 1 aliphatic rings. The monoisotopic (exact) mass is 398 g/mol. The molecule has 1 heterocycles. The highest BCUT2D eigenvalue weighted by Crippen LogP contribution is 2.29. The number of ether oxygens (including phenoxy) is 2. The lowest BCUT2D eigenvalue weighted by Gasteiger charge is -2.37. The van der Waals surface area contributed by atoms with Crippen LogP contribution >= 0.6 is 0 Å². The van der Waals surface area contributed by atoms with Gasteiger partial charge in [0, 0.05) is 32.7 Å². The summed E-state index contributed by atoms with van der Waals surface area (Å²) in [5, 5.41) is 10.5. The van der Waals surface area contributed by atoms with Gasteiger partial charge in [0.2, 0.25) is 0 Å². The van der Waals surface area contributed by atoms with Crippen molar-refractivity contribution < 1.29 is 14.6 Å². The summed E-state index contributed by atoms with van der Waals surface area (Å²) in [6, 6.07) is 16.3. The molecule has 0 aromatic heterocycles. The zero-order chi connectivity index (χ0) is 20.6. The third kappa shape index (κ3) is 5.64. The number of rotatable bonds is 9. The Kier molecular flexibility index (Phi) is 7.78. The van der Waals surface area contributed by atoms with Gasteiger partial charge in [-0.3, -0.25) is 4.90 Å². The van der Waals surface area contributed by atoms with E-state index >= 15 is 0 Å². The number of anilines is 1. The first kappa shape index (κ1) is 21.5. The fourth-order valence-corrected chi connectivity index (χ4v) is 3.84. The molecule has 1 fully saturated rings. The van der Waals surface area contributed by atoms with Crippen LogP contribution in [0.4, 0.5) is 5.69 Å². The van der Waals surface area contributed by atoms with Crippen molar-refractivity contribution in [2.45, 2.75) is 32.3 Å². The predicted molar refractivity (Wildman–Crippen MR) is 118 cm³/mol. The van der Waals surface area contributed by atoms with Gasteiger partial charge in [-0.25, -0.2) is 0 Å². The van der Waals surface area contributed by atoms with Crippen LogP contribution in [0.25, 0.3) is 0 Å². The first-order valence-electron chi connectivity index (χ1n) is 10.6. The minimum absolute atomic E-state index is 0.320. The molecule has 0 amide bonds. The fourth-order valence-electron chi connectivity index (χ4n) is 3.84. The Morgan fingerprint density at radius 2 is 1.62 bits per heavy atom. The van der Waals surface area contributed by atoms with E-state index in [9.17, 15) is 5.11 Å². The van der Waals surface area contributed by atoms with Crippen LogP contribution in [0.3, 0.4) is 0 Å². The molecular formula is C24H34N2O3. The standard InChI is InChI=1S/C24H34N2O3/c1-4-19(2)21-9-5-7-11-23(21)29-18-20(27)17-25-13-15-26(16-14-25)22-10-6-8-12-24(22)28-3/h5-12,19-20,27H,4,13-18H2,1-3H3/t19-,20-/m0/s1. The predicted octanol–water partition coefficient (Wildman–Crippen LogP) is 3.77. The number of piperazine rings is 1. The Balaban J connectivity index is 1.47. The zero-order valence-corrected chi connectivity index (χ0v) is 17.9. The summed E-state index contributed by atoms with van der Waals surface area (Å²) in [6.07, 6.45) is 0.567. The van der Waals surface area contributed by atoms with Crippen LogP contribution in [0, 0.1) is 0 Å². The van der Waals surface area contributed by atoms with E-state index in [2.05, 4.69) is 35.8 Å². The Morgan fingerprint density at radius 3 is 2.31 bits per heavy atom. The van der Waals surface area contributed by atoms with Gasteiger partial charge >= 0.3 is 0 Å². The van der Waals surface area contributed by atoms with E-state index in [-0.39, 0.29) is 0 Å². The van der Waals surface area contributed by atoms with Crippen molar-refractivity contribution in [3.8, 4) is 11.5 Å². The summed E-state index contributed by atoms with van der Waals surface area (Å²) >= 11 is 0. The normalized spacial score (nSPS) is 17.0. The SMILES string of the molecule is CC[C@H](C)c1ccccc1OC[C@@H](O)CN1CCN(c2ccccc2OC)CC1. The number of aliphatic hydroxyl groups is 1. The summed E-state index contributed by atoms with van der Waals surface area (Å²) in [5.74, 6) is 2.25. The molecule has 2 atom stereocenters. The van der Waals surface area contributed by atoms with Gasteiger partial charge in [-0.1, -0.05) is 44.2 Å². The molecule has 0 radical (unpaired) electrons. The molecule has 0 saturated carbocycles. The Bertz CT molecular complexity index is 759. The minimum atomic E-state index is -0.502. The van der Waals surface area contributed by atoms with Crippen molar-refractivity contribution in [3.05, 3.63) is 54.1 Å². The molecule has 0 aliphatic carbocycles. The first-order chi connectivity index (χ1) is 14.1. The second kappa shape index (κ2) is 10.5. The van der Waals surface area contributed by atoms with Gasteiger partial charge in [0.05, 0.1) is 12.8 Å². The molecule has 1 N–H and O–H groups in total. The maximum absolute atomic E-state index is 10.5. The molecule has 0 unspecified atom stereocenters. The van der Waals surface area contributed by atoms with Gasteiger partial charge in [0.25, 0.3) is 0 Å². The van der Waals surface area contributed by atoms with Crippen molar-refractivity contribution in [2.24, 2.45) is 0 Å². The number of methoxy groups -OCH3 is 1. The second-order valence-corrected chi connectivity index (χ2v) is 7.77. The van der Waals surface area contributed by atoms with E-state index in [1.54, 1.807) is 7.11 Å². The van der Waals surface area contributed by atoms with Gasteiger partial charge < -0.3 is 19.5 Å². The summed E-state index contributed by atoms with van der Waals surface area (Å²) < 4.78 is 11.5. The number of nitrogens with zero attached hydrogens (tertiary/aromatic N) is 2. The van der Waals surface area contributed by atoms with E-state index in [0.29, 0.717) is 19.1 Å². The average Bonchev–Trinajstić information content (AvgIpc) is 2.78. The fraction of sp³-hybridized carbons (Fsp3) is 0.500. The van der Waals surface area contributed by atoms with Gasteiger partial charge in [-0.2, -0.15) is 0 Å². The Hall–Kier alpha value is -2.24. The van der Waals surface area contributed by atoms with Crippen LogP contribution in [0.15, 0.2) is 48.5 Å². The third-order valence-electron chi connectivity index (χ3n) is 5.76. The lowest BCUT2D eigenvalue weighted by molar-refractivity contribution is 0.0658. The van der Waals surface area contributed by atoms with E-state index in [0.717, 1.165) is 49.8 Å². The van der Waals surface area contributed by atoms with Crippen LogP contribution < -0.4 is 14.4 Å². The van der Waals surface area contributed by atoms with Crippen LogP contribution in [0.1, 0.15) is 31.7 Å². The first-order valence-corrected chi connectivity index (χ1v) is 10.6. The number of hydrogen-bond donors (Lipinski definition) is 1. The quantitative estimate of drug-likeness (QED) is 0.697. The summed E-state index contributed by atoms with van der Waals surface area (Å²) in [6.45, 7) is 9.01. The summed E-state index contributed by atoms with van der Waals surface area (Å²) in [4.78, 5) is 4.65. The van der Waals surface area contributed by atoms with Crippen molar-refractivity contribution in [1.82, 2.24) is 4.90 Å². The number of β-amino-alcohol motifs (C(OH)–C–C–N with tert-alkyl or cyclic N) is 1. The molecule has 2 aromatic carbocycles. The Morgan fingerprint density at radius 1 is 0.966 bits per heavy atom. The molecule has 2 aromatic rings. The molecule has 29 heavy (non-hydrogen) atoms. The van der Waals surface area contributed by atoms with E-state index in [1.807, 2.05) is 36.4 Å². The van der Waals surface area contributed by atoms with Crippen LogP contribution in [-0.4, -0.2) is 62.6 Å². The Labute approximate surface area is 174 Å². The number of para-hydroxylation sites is 3. The van der Waals surface area contributed by atoms with Crippen LogP contribution in [0.2, 0.25) is 0 Å². The topological polar surface area (TPSA) is 45.2 Å². The lowest BCUT2D eigenvalue weighted by atomic mass is 9.98. The molecule has 5 heteroatoms. The smallest absolute Gasteiger partial charge is 0.142 e. The van der Waals surface area contributed by atoms with E-state index in [4.69, 9.17) is 9.47 Å². The largest absolute Gasteiger partial charge is 0.495 e.